The number of hydrogen-bond donors (Lipinski definition) is 0. The largest absolute Gasteiger partial charge is 0.491 e. The number of alkyl halides is 3. The van der Waals surface area contributed by atoms with Gasteiger partial charge in [0.15, 0.2) is 0 Å². The number of halogens is 3. The number of carbonyl (C=O) groups excluding carboxylic acids is 1. The van der Waals surface area contributed by atoms with Crippen molar-refractivity contribution in [1.82, 2.24) is 15.0 Å². The van der Waals surface area contributed by atoms with Gasteiger partial charge in [-0.2, -0.15) is 18.2 Å². The summed E-state index contributed by atoms with van der Waals surface area (Å²) in [4.78, 5) is 31.9. The molecule has 13 heteroatoms. The lowest BCUT2D eigenvalue weighted by atomic mass is 10.1. The SMILES string of the molecule is COCCN(C)c1cc(N2CCc3c(-c4cccc(OC(=O)C(F)(F)F)c4)nc(N4CCOCC4)nc32)ccn1. The monoisotopic (exact) mass is 558 g/mol. The number of pyridine rings is 1. The lowest BCUT2D eigenvalue weighted by molar-refractivity contribution is -0.189. The minimum atomic E-state index is -5.10. The van der Waals surface area contributed by atoms with E-state index in [1.807, 2.05) is 29.0 Å². The topological polar surface area (TPSA) is 93.2 Å². The van der Waals surface area contributed by atoms with Crippen molar-refractivity contribution in [2.45, 2.75) is 12.6 Å². The Morgan fingerprint density at radius 1 is 1.12 bits per heavy atom. The Morgan fingerprint density at radius 3 is 2.67 bits per heavy atom. The van der Waals surface area contributed by atoms with Crippen molar-refractivity contribution in [2.75, 3.05) is 74.9 Å². The number of ether oxygens (including phenoxy) is 3. The second-order valence-corrected chi connectivity index (χ2v) is 9.38. The fraction of sp³-hybridized carbons (Fsp3) is 0.407. The molecule has 212 valence electrons. The van der Waals surface area contributed by atoms with Crippen LogP contribution in [0.4, 0.5) is 36.4 Å². The molecule has 0 radical (unpaired) electrons. The molecule has 1 saturated heterocycles. The molecular formula is C27H29F3N6O4. The predicted molar refractivity (Wildman–Crippen MR) is 142 cm³/mol. The minimum absolute atomic E-state index is 0.215. The summed E-state index contributed by atoms with van der Waals surface area (Å²) >= 11 is 0. The molecule has 0 atom stereocenters. The summed E-state index contributed by atoms with van der Waals surface area (Å²) in [6.07, 6.45) is -2.75. The normalized spacial score (nSPS) is 15.2. The number of carbonyl (C=O) groups is 1. The van der Waals surface area contributed by atoms with Crippen molar-refractivity contribution < 1.29 is 32.2 Å². The molecule has 4 heterocycles. The average Bonchev–Trinajstić information content (AvgIpc) is 3.40. The highest BCUT2D eigenvalue weighted by atomic mass is 19.4. The van der Waals surface area contributed by atoms with E-state index in [2.05, 4.69) is 14.6 Å². The van der Waals surface area contributed by atoms with Gasteiger partial charge in [-0.25, -0.2) is 14.8 Å². The van der Waals surface area contributed by atoms with Crippen LogP contribution in [-0.2, 0) is 20.7 Å². The van der Waals surface area contributed by atoms with Gasteiger partial charge in [0.25, 0.3) is 0 Å². The van der Waals surface area contributed by atoms with Crippen LogP contribution < -0.4 is 19.4 Å². The van der Waals surface area contributed by atoms with Gasteiger partial charge in [0, 0.05) is 69.4 Å². The maximum absolute atomic E-state index is 12.8. The van der Waals surface area contributed by atoms with Gasteiger partial charge < -0.3 is 28.9 Å². The molecule has 5 rings (SSSR count). The minimum Gasteiger partial charge on any atom is -0.420 e. The first-order valence-electron chi connectivity index (χ1n) is 12.8. The fourth-order valence-corrected chi connectivity index (χ4v) is 4.64. The number of methoxy groups -OCH3 is 1. The number of hydrogen-bond acceptors (Lipinski definition) is 10. The molecule has 2 aromatic heterocycles. The van der Waals surface area contributed by atoms with Gasteiger partial charge in [0.1, 0.15) is 17.4 Å². The standard InChI is InChI=1S/C27H29F3N6O4/c1-34(10-13-38-2)22-17-19(6-8-31-22)36-9-7-21-23(32-26(33-24(21)36)35-11-14-39-15-12-35)18-4-3-5-20(16-18)40-25(37)27(28,29)30/h3-6,8,16-17H,7,9-15H2,1-2H3. The van der Waals surface area contributed by atoms with Crippen LogP contribution >= 0.6 is 0 Å². The molecule has 1 aromatic carbocycles. The Hall–Kier alpha value is -3.97. The van der Waals surface area contributed by atoms with Crippen LogP contribution in [0.2, 0.25) is 0 Å². The molecular weight excluding hydrogens is 529 g/mol. The van der Waals surface area contributed by atoms with E-state index in [1.54, 1.807) is 19.4 Å². The summed E-state index contributed by atoms with van der Waals surface area (Å²) in [5, 5.41) is 0. The number of rotatable bonds is 8. The second kappa shape index (κ2) is 11.6. The first-order valence-corrected chi connectivity index (χ1v) is 12.8. The van der Waals surface area contributed by atoms with Crippen molar-refractivity contribution in [3.8, 4) is 17.0 Å². The third kappa shape index (κ3) is 5.94. The fourth-order valence-electron chi connectivity index (χ4n) is 4.64. The predicted octanol–water partition coefficient (Wildman–Crippen LogP) is 3.62. The number of esters is 1. The molecule has 2 aliphatic heterocycles. The van der Waals surface area contributed by atoms with Crippen molar-refractivity contribution in [1.29, 1.82) is 0 Å². The van der Waals surface area contributed by atoms with Crippen LogP contribution in [0.25, 0.3) is 11.3 Å². The van der Waals surface area contributed by atoms with Gasteiger partial charge in [-0.3, -0.25) is 0 Å². The highest BCUT2D eigenvalue weighted by Crippen LogP contribution is 2.40. The molecule has 1 fully saturated rings. The first kappa shape index (κ1) is 27.6. The van der Waals surface area contributed by atoms with Gasteiger partial charge in [-0.1, -0.05) is 12.1 Å². The molecule has 0 N–H and O–H groups in total. The van der Waals surface area contributed by atoms with Crippen LogP contribution in [0, 0.1) is 0 Å². The molecule has 40 heavy (non-hydrogen) atoms. The summed E-state index contributed by atoms with van der Waals surface area (Å²) in [5.74, 6) is -0.506. The molecule has 0 amide bonds. The third-order valence-electron chi connectivity index (χ3n) is 6.72. The van der Waals surface area contributed by atoms with E-state index in [9.17, 15) is 18.0 Å². The zero-order valence-electron chi connectivity index (χ0n) is 22.1. The van der Waals surface area contributed by atoms with Gasteiger partial charge >= 0.3 is 12.1 Å². The van der Waals surface area contributed by atoms with Crippen LogP contribution in [0.1, 0.15) is 5.56 Å². The zero-order valence-corrected chi connectivity index (χ0v) is 22.1. The lowest BCUT2D eigenvalue weighted by Crippen LogP contribution is -2.37. The lowest BCUT2D eigenvalue weighted by Gasteiger charge is -2.28. The highest BCUT2D eigenvalue weighted by Gasteiger charge is 2.41. The molecule has 0 unspecified atom stereocenters. The van der Waals surface area contributed by atoms with E-state index in [0.717, 1.165) is 17.1 Å². The van der Waals surface area contributed by atoms with Crippen molar-refractivity contribution >= 4 is 29.2 Å². The van der Waals surface area contributed by atoms with Crippen molar-refractivity contribution in [3.05, 3.63) is 48.2 Å². The maximum atomic E-state index is 12.8. The Morgan fingerprint density at radius 2 is 1.93 bits per heavy atom. The number of morpholine rings is 1. The zero-order chi connectivity index (χ0) is 28.3. The molecule has 0 aliphatic carbocycles. The molecule has 3 aromatic rings. The molecule has 2 aliphatic rings. The maximum Gasteiger partial charge on any atom is 0.491 e. The van der Waals surface area contributed by atoms with Gasteiger partial charge in [0.05, 0.1) is 25.5 Å². The van der Waals surface area contributed by atoms with E-state index in [-0.39, 0.29) is 5.75 Å². The second-order valence-electron chi connectivity index (χ2n) is 9.38. The summed E-state index contributed by atoms with van der Waals surface area (Å²) in [7, 11) is 3.59. The molecule has 0 spiro atoms. The summed E-state index contributed by atoms with van der Waals surface area (Å²) in [6.45, 7) is 4.12. The van der Waals surface area contributed by atoms with E-state index in [4.69, 9.17) is 19.4 Å². The number of fused-ring (bicyclic) bond motifs is 1. The van der Waals surface area contributed by atoms with Crippen molar-refractivity contribution in [2.24, 2.45) is 0 Å². The Bertz CT molecular complexity index is 1370. The number of likely N-dealkylation sites (N-methyl/N-ethyl adjacent to an activating group) is 1. The van der Waals surface area contributed by atoms with Crippen molar-refractivity contribution in [3.63, 3.8) is 0 Å². The number of benzene rings is 1. The number of anilines is 4. The Labute approximate surface area is 229 Å². The van der Waals surface area contributed by atoms with E-state index >= 15 is 0 Å². The molecule has 0 saturated carbocycles. The van der Waals surface area contributed by atoms with E-state index in [0.29, 0.717) is 75.4 Å². The third-order valence-corrected chi connectivity index (χ3v) is 6.72. The molecule has 0 bridgehead atoms. The summed E-state index contributed by atoms with van der Waals surface area (Å²) in [5.41, 5.74) is 2.85. The van der Waals surface area contributed by atoms with Gasteiger partial charge in [-0.15, -0.1) is 0 Å². The summed E-state index contributed by atoms with van der Waals surface area (Å²) in [6, 6.07) is 9.87. The number of nitrogens with zero attached hydrogens (tertiary/aromatic N) is 6. The average molecular weight is 559 g/mol. The van der Waals surface area contributed by atoms with Crippen LogP contribution in [0.3, 0.4) is 0 Å². The van der Waals surface area contributed by atoms with Crippen LogP contribution in [0.15, 0.2) is 42.6 Å². The van der Waals surface area contributed by atoms with E-state index in [1.165, 1.54) is 18.2 Å². The number of aromatic nitrogens is 3. The van der Waals surface area contributed by atoms with Crippen LogP contribution in [0.5, 0.6) is 5.75 Å². The highest BCUT2D eigenvalue weighted by molar-refractivity contribution is 5.80. The van der Waals surface area contributed by atoms with Crippen LogP contribution in [-0.4, -0.2) is 87.3 Å². The molecule has 10 nitrogen and oxygen atoms in total. The smallest absolute Gasteiger partial charge is 0.420 e. The Kier molecular flexibility index (Phi) is 8.03. The van der Waals surface area contributed by atoms with Gasteiger partial charge in [-0.05, 0) is 24.6 Å². The first-order chi connectivity index (χ1) is 19.2. The Balaban J connectivity index is 1.54. The quantitative estimate of drug-likeness (QED) is 0.302. The van der Waals surface area contributed by atoms with E-state index < -0.39 is 12.1 Å². The van der Waals surface area contributed by atoms with Gasteiger partial charge in [0.2, 0.25) is 5.95 Å². The summed E-state index contributed by atoms with van der Waals surface area (Å²) < 4.78 is 53.7.